The zero-order chi connectivity index (χ0) is 28.6. The summed E-state index contributed by atoms with van der Waals surface area (Å²) >= 11 is 10.2. The molecule has 0 radical (unpaired) electrons. The Balaban J connectivity index is 1.64. The monoisotopic (exact) mass is 630 g/mol. The first-order chi connectivity index (χ1) is 19.3. The van der Waals surface area contributed by atoms with E-state index in [0.29, 0.717) is 23.6 Å². The Morgan fingerprint density at radius 3 is 2.62 bits per heavy atom. The van der Waals surface area contributed by atoms with Gasteiger partial charge in [-0.15, -0.1) is 6.58 Å². The smallest absolute Gasteiger partial charge is 0.312 e. The second-order valence-electron chi connectivity index (χ2n) is 10.4. The van der Waals surface area contributed by atoms with Crippen molar-refractivity contribution in [3.8, 4) is 0 Å². The highest BCUT2D eigenvalue weighted by Crippen LogP contribution is 2.61. The van der Waals surface area contributed by atoms with Gasteiger partial charge in [-0.2, -0.15) is 0 Å². The molecule has 1 N–H and O–H groups in total. The lowest BCUT2D eigenvalue weighted by atomic mass is 9.70. The first-order valence-electron chi connectivity index (χ1n) is 13.4. The molecular formula is C30H32BrClN2O6. The number of benzene rings is 2. The number of rotatable bonds is 10. The second-order valence-corrected chi connectivity index (χ2v) is 12.0. The summed E-state index contributed by atoms with van der Waals surface area (Å²) in [4.78, 5) is 45.0. The van der Waals surface area contributed by atoms with Gasteiger partial charge in [-0.1, -0.05) is 76.1 Å². The number of likely N-dealkylation sites (tertiary alicyclic amines) is 1. The van der Waals surface area contributed by atoms with E-state index in [4.69, 9.17) is 21.1 Å². The molecule has 0 saturated carbocycles. The first-order valence-corrected chi connectivity index (χ1v) is 14.7. The molecule has 1 unspecified atom stereocenters. The summed E-state index contributed by atoms with van der Waals surface area (Å²) in [6.45, 7) is 5.44. The summed E-state index contributed by atoms with van der Waals surface area (Å²) < 4.78 is 11.9. The number of hydrogen-bond donors (Lipinski definition) is 1. The Hall–Kier alpha value is -2.72. The van der Waals surface area contributed by atoms with Gasteiger partial charge in [0.05, 0.1) is 47.9 Å². The number of alkyl halides is 1. The lowest BCUT2D eigenvalue weighted by Crippen LogP contribution is -2.59. The van der Waals surface area contributed by atoms with Crippen molar-refractivity contribution >= 4 is 51.0 Å². The molecule has 40 heavy (non-hydrogen) atoms. The number of ether oxygens (including phenoxy) is 2. The molecule has 10 heteroatoms. The average molecular weight is 632 g/mol. The normalized spacial score (nSPS) is 29.2. The third-order valence-corrected chi connectivity index (χ3v) is 9.32. The Labute approximate surface area is 247 Å². The van der Waals surface area contributed by atoms with E-state index in [0.717, 1.165) is 5.56 Å². The minimum atomic E-state index is -1.30. The molecule has 1 spiro atoms. The highest BCUT2D eigenvalue weighted by molar-refractivity contribution is 9.09. The minimum absolute atomic E-state index is 0.132. The van der Waals surface area contributed by atoms with Crippen LogP contribution < -0.4 is 4.90 Å². The molecule has 2 amide bonds. The number of amides is 2. The van der Waals surface area contributed by atoms with Crippen molar-refractivity contribution in [1.29, 1.82) is 0 Å². The van der Waals surface area contributed by atoms with Crippen molar-refractivity contribution < 1.29 is 29.0 Å². The number of aliphatic hydroxyl groups excluding tert-OH is 1. The van der Waals surface area contributed by atoms with Crippen molar-refractivity contribution in [2.45, 2.75) is 48.4 Å². The molecule has 3 saturated heterocycles. The van der Waals surface area contributed by atoms with Crippen LogP contribution in [0, 0.1) is 11.8 Å². The zero-order valence-electron chi connectivity index (χ0n) is 22.1. The molecule has 2 aromatic carbocycles. The van der Waals surface area contributed by atoms with Gasteiger partial charge in [0.1, 0.15) is 11.6 Å². The molecule has 212 valence electrons. The van der Waals surface area contributed by atoms with Crippen LogP contribution in [0.3, 0.4) is 0 Å². The van der Waals surface area contributed by atoms with Gasteiger partial charge in [-0.3, -0.25) is 14.4 Å². The van der Waals surface area contributed by atoms with Gasteiger partial charge in [0.25, 0.3) is 5.91 Å². The zero-order valence-corrected chi connectivity index (χ0v) is 24.5. The predicted octanol–water partition coefficient (Wildman–Crippen LogP) is 3.77. The van der Waals surface area contributed by atoms with Crippen LogP contribution >= 0.6 is 27.5 Å². The molecule has 7 atom stereocenters. The van der Waals surface area contributed by atoms with E-state index >= 15 is 0 Å². The quantitative estimate of drug-likeness (QED) is 0.244. The van der Waals surface area contributed by atoms with Crippen LogP contribution in [0.5, 0.6) is 0 Å². The Kier molecular flexibility index (Phi) is 8.38. The van der Waals surface area contributed by atoms with E-state index in [1.54, 1.807) is 37.3 Å². The predicted molar refractivity (Wildman–Crippen MR) is 154 cm³/mol. The number of carbonyl (C=O) groups excluding carboxylic acids is 3. The summed E-state index contributed by atoms with van der Waals surface area (Å²) in [6.07, 6.45) is 1.62. The van der Waals surface area contributed by atoms with Crippen LogP contribution in [0.1, 0.15) is 18.9 Å². The van der Waals surface area contributed by atoms with E-state index in [9.17, 15) is 19.5 Å². The Bertz CT molecular complexity index is 1290. The number of para-hydroxylation sites is 1. The van der Waals surface area contributed by atoms with Gasteiger partial charge in [-0.25, -0.2) is 0 Å². The second kappa shape index (κ2) is 11.6. The maximum absolute atomic E-state index is 14.7. The summed E-state index contributed by atoms with van der Waals surface area (Å²) in [5.74, 6) is -3.15. The number of halogens is 2. The van der Waals surface area contributed by atoms with Gasteiger partial charge >= 0.3 is 5.97 Å². The van der Waals surface area contributed by atoms with Crippen molar-refractivity contribution in [3.63, 3.8) is 0 Å². The molecule has 8 nitrogen and oxygen atoms in total. The lowest BCUT2D eigenvalue weighted by Gasteiger charge is -2.39. The molecule has 0 aliphatic carbocycles. The Morgan fingerprint density at radius 2 is 1.98 bits per heavy atom. The van der Waals surface area contributed by atoms with E-state index in [-0.39, 0.29) is 24.6 Å². The van der Waals surface area contributed by atoms with Gasteiger partial charge < -0.3 is 24.4 Å². The van der Waals surface area contributed by atoms with Crippen molar-refractivity contribution in [2.75, 3.05) is 24.7 Å². The molecule has 0 aromatic heterocycles. The summed E-state index contributed by atoms with van der Waals surface area (Å²) in [5.41, 5.74) is 0.0689. The number of carbonyl (C=O) groups is 3. The van der Waals surface area contributed by atoms with Gasteiger partial charge in [0.2, 0.25) is 5.91 Å². The minimum Gasteiger partial charge on any atom is -0.466 e. The average Bonchev–Trinajstić information content (AvgIpc) is 3.54. The third-order valence-electron chi connectivity index (χ3n) is 8.16. The largest absolute Gasteiger partial charge is 0.466 e. The van der Waals surface area contributed by atoms with Gasteiger partial charge in [0.15, 0.2) is 0 Å². The molecule has 3 aliphatic rings. The number of anilines is 1. The SMILES string of the molecule is C=CCN(C(=O)[C@@H]1N([C@@H](CO)Cc2ccccc2)C(=O)[C@H]2[C@H](C(=O)OCC)[C@H]3O[C@@]12CC3Br)c1ccccc1Cl. The van der Waals surface area contributed by atoms with Gasteiger partial charge in [0, 0.05) is 11.4 Å². The van der Waals surface area contributed by atoms with Crippen LogP contribution in [-0.4, -0.2) is 76.2 Å². The highest BCUT2D eigenvalue weighted by atomic mass is 79.9. The Morgan fingerprint density at radius 1 is 1.27 bits per heavy atom. The number of fused-ring (bicyclic) bond motifs is 1. The number of hydrogen-bond acceptors (Lipinski definition) is 6. The van der Waals surface area contributed by atoms with E-state index in [1.165, 1.54) is 9.80 Å². The molecule has 5 rings (SSSR count). The standard InChI is InChI=1S/C30H32BrClN2O6/c1-3-14-33(22-13-9-8-12-21(22)32)28(37)26-30-16-20(31)25(40-30)23(29(38)39-4-2)24(30)27(36)34(26)19(17-35)15-18-10-6-5-7-11-18/h3,5-13,19-20,23-26,35H,1,4,14-17H2,2H3/t19-,20?,23+,24-,25+,26+,30-/m1/s1. The van der Waals surface area contributed by atoms with Crippen molar-refractivity contribution in [2.24, 2.45) is 11.8 Å². The molecule has 3 heterocycles. The van der Waals surface area contributed by atoms with Gasteiger partial charge in [-0.05, 0) is 37.5 Å². The number of aliphatic hydroxyl groups is 1. The maximum Gasteiger partial charge on any atom is 0.312 e. The van der Waals surface area contributed by atoms with E-state index < -0.39 is 53.4 Å². The van der Waals surface area contributed by atoms with E-state index in [2.05, 4.69) is 22.5 Å². The summed E-state index contributed by atoms with van der Waals surface area (Å²) in [6, 6.07) is 14.6. The van der Waals surface area contributed by atoms with Crippen LogP contribution in [-0.2, 0) is 30.3 Å². The van der Waals surface area contributed by atoms with Crippen LogP contribution in [0.25, 0.3) is 0 Å². The van der Waals surface area contributed by atoms with Crippen molar-refractivity contribution in [1.82, 2.24) is 4.90 Å². The van der Waals surface area contributed by atoms with Crippen LogP contribution in [0.2, 0.25) is 5.02 Å². The molecule has 2 aromatic rings. The molecular weight excluding hydrogens is 600 g/mol. The fourth-order valence-electron chi connectivity index (χ4n) is 6.64. The molecule has 3 aliphatic heterocycles. The third kappa shape index (κ3) is 4.66. The highest BCUT2D eigenvalue weighted by Gasteiger charge is 2.77. The topological polar surface area (TPSA) is 96.4 Å². The first kappa shape index (κ1) is 28.8. The molecule has 3 fully saturated rings. The number of nitrogens with zero attached hydrogens (tertiary/aromatic N) is 2. The fourth-order valence-corrected chi connectivity index (χ4v) is 7.82. The molecule has 2 bridgehead atoms. The summed E-state index contributed by atoms with van der Waals surface area (Å²) in [7, 11) is 0. The van der Waals surface area contributed by atoms with Crippen LogP contribution in [0.15, 0.2) is 67.3 Å². The summed E-state index contributed by atoms with van der Waals surface area (Å²) in [5, 5.41) is 11.0. The number of esters is 1. The van der Waals surface area contributed by atoms with E-state index in [1.807, 2.05) is 30.3 Å². The maximum atomic E-state index is 14.7. The van der Waals surface area contributed by atoms with Crippen LogP contribution in [0.4, 0.5) is 5.69 Å². The fraction of sp³-hybridized carbons (Fsp3) is 0.433. The lowest BCUT2D eigenvalue weighted by molar-refractivity contribution is -0.155. The van der Waals surface area contributed by atoms with Crippen molar-refractivity contribution in [3.05, 3.63) is 77.8 Å².